The molecule has 1 saturated heterocycles. The minimum Gasteiger partial charge on any atom is -0.398 e. The minimum atomic E-state index is -0.457. The Morgan fingerprint density at radius 3 is 1.91 bits per heavy atom. The number of aromatic nitrogens is 3. The second-order valence-corrected chi connectivity index (χ2v) is 6.39. The van der Waals surface area contributed by atoms with Crippen molar-refractivity contribution >= 4 is 18.7 Å². The van der Waals surface area contributed by atoms with Gasteiger partial charge in [-0.1, -0.05) is 6.07 Å². The van der Waals surface area contributed by atoms with Gasteiger partial charge in [-0.15, -0.1) is 0 Å². The van der Waals surface area contributed by atoms with Crippen LogP contribution in [-0.2, 0) is 9.31 Å². The molecule has 7 heteroatoms. The van der Waals surface area contributed by atoms with E-state index in [4.69, 9.17) is 15.0 Å². The molecule has 0 aliphatic carbocycles. The number of hydrogen-bond acceptors (Lipinski definition) is 6. The molecule has 0 bridgehead atoms. The van der Waals surface area contributed by atoms with Crippen LogP contribution in [0.3, 0.4) is 0 Å². The predicted molar refractivity (Wildman–Crippen MR) is 85.4 cm³/mol. The Hall–Kier alpha value is -1.99. The van der Waals surface area contributed by atoms with Gasteiger partial charge in [0, 0.05) is 29.7 Å². The van der Waals surface area contributed by atoms with Gasteiger partial charge in [-0.05, 0) is 33.8 Å². The molecule has 2 aromatic rings. The van der Waals surface area contributed by atoms with Crippen LogP contribution in [-0.4, -0.2) is 33.3 Å². The van der Waals surface area contributed by atoms with Gasteiger partial charge in [0.25, 0.3) is 0 Å². The van der Waals surface area contributed by atoms with Crippen LogP contribution in [0.2, 0.25) is 0 Å². The summed E-state index contributed by atoms with van der Waals surface area (Å²) in [5, 5.41) is 0. The van der Waals surface area contributed by atoms with E-state index in [1.165, 1.54) is 0 Å². The molecule has 2 aromatic heterocycles. The van der Waals surface area contributed by atoms with Crippen LogP contribution in [0.5, 0.6) is 0 Å². The van der Waals surface area contributed by atoms with Crippen molar-refractivity contribution in [2.45, 2.75) is 38.9 Å². The Morgan fingerprint density at radius 1 is 0.864 bits per heavy atom. The van der Waals surface area contributed by atoms with Gasteiger partial charge in [0.15, 0.2) is 0 Å². The van der Waals surface area contributed by atoms with Gasteiger partial charge in [0.1, 0.15) is 0 Å². The smallest absolute Gasteiger partial charge is 0.398 e. The van der Waals surface area contributed by atoms with Crippen LogP contribution >= 0.6 is 0 Å². The molecule has 1 aliphatic rings. The molecule has 3 rings (SSSR count). The standard InChI is InChI=1S/C15H19BN4O2/c1-14(2)15(3,4)22-16(21-14)12-6-5-10(7-18-12)11-8-19-13(17)20-9-11/h5-9H,1-4H3,(H2,17,19,20). The van der Waals surface area contributed by atoms with Gasteiger partial charge in [-0.2, -0.15) is 0 Å². The molecule has 0 aromatic carbocycles. The fourth-order valence-corrected chi connectivity index (χ4v) is 2.17. The molecular formula is C15H19BN4O2. The molecule has 0 amide bonds. The Kier molecular flexibility index (Phi) is 3.42. The van der Waals surface area contributed by atoms with Crippen molar-refractivity contribution in [2.24, 2.45) is 0 Å². The molecule has 114 valence electrons. The Bertz CT molecular complexity index is 655. The predicted octanol–water partition coefficient (Wildman–Crippen LogP) is 1.42. The molecule has 6 nitrogen and oxygen atoms in total. The normalized spacial score (nSPS) is 19.4. The molecule has 0 spiro atoms. The van der Waals surface area contributed by atoms with E-state index in [1.807, 2.05) is 39.8 Å². The second kappa shape index (κ2) is 5.03. The van der Waals surface area contributed by atoms with E-state index in [0.29, 0.717) is 0 Å². The average molecular weight is 298 g/mol. The maximum atomic E-state index is 5.99. The molecular weight excluding hydrogens is 279 g/mol. The van der Waals surface area contributed by atoms with E-state index in [-0.39, 0.29) is 17.2 Å². The maximum absolute atomic E-state index is 5.99. The first kappa shape index (κ1) is 14.9. The van der Waals surface area contributed by atoms with Gasteiger partial charge in [-0.3, -0.25) is 4.98 Å². The lowest BCUT2D eigenvalue weighted by Crippen LogP contribution is -2.41. The zero-order valence-corrected chi connectivity index (χ0v) is 13.2. The minimum absolute atomic E-state index is 0.255. The van der Waals surface area contributed by atoms with Crippen molar-refractivity contribution in [3.8, 4) is 11.1 Å². The van der Waals surface area contributed by atoms with Gasteiger partial charge in [-0.25, -0.2) is 9.97 Å². The van der Waals surface area contributed by atoms with Crippen molar-refractivity contribution in [3.05, 3.63) is 30.7 Å². The highest BCUT2D eigenvalue weighted by Crippen LogP contribution is 2.36. The molecule has 1 fully saturated rings. The van der Waals surface area contributed by atoms with Crippen molar-refractivity contribution in [2.75, 3.05) is 5.73 Å². The van der Waals surface area contributed by atoms with Crippen LogP contribution in [0.4, 0.5) is 5.95 Å². The summed E-state index contributed by atoms with van der Waals surface area (Å²) < 4.78 is 12.0. The average Bonchev–Trinajstić information content (AvgIpc) is 2.68. The lowest BCUT2D eigenvalue weighted by atomic mass is 9.84. The highest BCUT2D eigenvalue weighted by Gasteiger charge is 2.52. The lowest BCUT2D eigenvalue weighted by molar-refractivity contribution is 0.00578. The van der Waals surface area contributed by atoms with Crippen molar-refractivity contribution in [1.82, 2.24) is 15.0 Å². The second-order valence-electron chi connectivity index (χ2n) is 6.39. The molecule has 0 radical (unpaired) electrons. The summed E-state index contributed by atoms with van der Waals surface area (Å²) in [7, 11) is -0.457. The van der Waals surface area contributed by atoms with Crippen LogP contribution in [0.25, 0.3) is 11.1 Å². The van der Waals surface area contributed by atoms with Crippen LogP contribution in [0, 0.1) is 0 Å². The topological polar surface area (TPSA) is 83.2 Å². The highest BCUT2D eigenvalue weighted by atomic mass is 16.7. The Balaban J connectivity index is 1.82. The number of nitrogens with zero attached hydrogens (tertiary/aromatic N) is 3. The number of nitrogen functional groups attached to an aromatic ring is 1. The molecule has 3 heterocycles. The van der Waals surface area contributed by atoms with E-state index in [1.54, 1.807) is 18.6 Å². The number of nitrogens with two attached hydrogens (primary N) is 1. The number of anilines is 1. The van der Waals surface area contributed by atoms with Crippen molar-refractivity contribution in [1.29, 1.82) is 0 Å². The zero-order chi connectivity index (χ0) is 16.0. The van der Waals surface area contributed by atoms with Gasteiger partial charge >= 0.3 is 7.12 Å². The Morgan fingerprint density at radius 2 is 1.41 bits per heavy atom. The first-order chi connectivity index (χ1) is 10.3. The first-order valence-electron chi connectivity index (χ1n) is 7.18. The first-order valence-corrected chi connectivity index (χ1v) is 7.18. The van der Waals surface area contributed by atoms with Crippen LogP contribution in [0.15, 0.2) is 30.7 Å². The number of rotatable bonds is 2. The fraction of sp³-hybridized carbons (Fsp3) is 0.400. The summed E-state index contributed by atoms with van der Waals surface area (Å²) in [5.41, 5.74) is 7.28. The third-order valence-electron chi connectivity index (χ3n) is 4.29. The largest absolute Gasteiger partial charge is 0.514 e. The molecule has 1 aliphatic heterocycles. The van der Waals surface area contributed by atoms with E-state index in [0.717, 1.165) is 16.7 Å². The maximum Gasteiger partial charge on any atom is 0.514 e. The molecule has 0 atom stereocenters. The highest BCUT2D eigenvalue weighted by molar-refractivity contribution is 6.61. The lowest BCUT2D eigenvalue weighted by Gasteiger charge is -2.32. The Labute approximate surface area is 130 Å². The summed E-state index contributed by atoms with van der Waals surface area (Å²) in [6.45, 7) is 8.08. The van der Waals surface area contributed by atoms with E-state index in [9.17, 15) is 0 Å². The van der Waals surface area contributed by atoms with Crippen molar-refractivity contribution in [3.63, 3.8) is 0 Å². The quantitative estimate of drug-likeness (QED) is 0.844. The summed E-state index contributed by atoms with van der Waals surface area (Å²) in [5.74, 6) is 0.255. The van der Waals surface area contributed by atoms with Gasteiger partial charge in [0.05, 0.1) is 16.8 Å². The van der Waals surface area contributed by atoms with E-state index >= 15 is 0 Å². The summed E-state index contributed by atoms with van der Waals surface area (Å²) >= 11 is 0. The molecule has 0 saturated carbocycles. The molecule has 22 heavy (non-hydrogen) atoms. The summed E-state index contributed by atoms with van der Waals surface area (Å²) in [6, 6.07) is 3.84. The SMILES string of the molecule is CC1(C)OB(c2ccc(-c3cnc(N)nc3)cn2)OC1(C)C. The number of hydrogen-bond donors (Lipinski definition) is 1. The van der Waals surface area contributed by atoms with Gasteiger partial charge in [0.2, 0.25) is 5.95 Å². The summed E-state index contributed by atoms with van der Waals surface area (Å²) in [4.78, 5) is 12.4. The zero-order valence-electron chi connectivity index (χ0n) is 13.2. The van der Waals surface area contributed by atoms with Crippen LogP contribution < -0.4 is 11.3 Å². The molecule has 2 N–H and O–H groups in total. The van der Waals surface area contributed by atoms with E-state index < -0.39 is 7.12 Å². The monoisotopic (exact) mass is 298 g/mol. The summed E-state index contributed by atoms with van der Waals surface area (Å²) in [6.07, 6.45) is 5.11. The molecule has 0 unspecified atom stereocenters. The van der Waals surface area contributed by atoms with E-state index in [2.05, 4.69) is 15.0 Å². The van der Waals surface area contributed by atoms with Crippen LogP contribution in [0.1, 0.15) is 27.7 Å². The fourth-order valence-electron chi connectivity index (χ4n) is 2.17. The number of pyridine rings is 1. The third-order valence-corrected chi connectivity index (χ3v) is 4.29. The van der Waals surface area contributed by atoms with Crippen molar-refractivity contribution < 1.29 is 9.31 Å². The third kappa shape index (κ3) is 2.57. The van der Waals surface area contributed by atoms with Gasteiger partial charge < -0.3 is 15.0 Å².